The van der Waals surface area contributed by atoms with Gasteiger partial charge in [-0.1, -0.05) is 29.8 Å². The van der Waals surface area contributed by atoms with E-state index in [1.54, 1.807) is 22.7 Å². The van der Waals surface area contributed by atoms with Crippen LogP contribution < -0.4 is 0 Å². The molecule has 2 aromatic heterocycles. The number of carbonyl (C=O) groups excluding carboxylic acids is 1. The van der Waals surface area contributed by atoms with Crippen molar-refractivity contribution in [1.82, 2.24) is 14.8 Å². The molecule has 0 spiro atoms. The largest absolute Gasteiger partial charge is 0.340 e. The van der Waals surface area contributed by atoms with Crippen molar-refractivity contribution in [3.8, 4) is 10.6 Å². The molecule has 1 aliphatic heterocycles. The summed E-state index contributed by atoms with van der Waals surface area (Å²) >= 11 is 9.34. The van der Waals surface area contributed by atoms with Crippen molar-refractivity contribution in [2.45, 2.75) is 13.0 Å². The monoisotopic (exact) mass is 417 g/mol. The Morgan fingerprint density at radius 2 is 1.85 bits per heavy atom. The number of thiazole rings is 1. The Morgan fingerprint density at radius 3 is 2.56 bits per heavy atom. The minimum Gasteiger partial charge on any atom is -0.340 e. The quantitative estimate of drug-likeness (QED) is 0.616. The summed E-state index contributed by atoms with van der Waals surface area (Å²) in [6, 6.07) is 11.7. The Labute approximate surface area is 172 Å². The lowest BCUT2D eigenvalue weighted by molar-refractivity contribution is -0.132. The Bertz CT molecular complexity index is 884. The van der Waals surface area contributed by atoms with Crippen molar-refractivity contribution >= 4 is 40.2 Å². The van der Waals surface area contributed by atoms with E-state index < -0.39 is 0 Å². The first-order chi connectivity index (χ1) is 13.2. The first kappa shape index (κ1) is 18.6. The molecule has 0 saturated carbocycles. The molecule has 4 rings (SSSR count). The highest BCUT2D eigenvalue weighted by Crippen LogP contribution is 2.26. The van der Waals surface area contributed by atoms with Crippen LogP contribution in [0.3, 0.4) is 0 Å². The minimum atomic E-state index is 0.186. The number of thiophene rings is 1. The molecular weight excluding hydrogens is 398 g/mol. The van der Waals surface area contributed by atoms with E-state index in [9.17, 15) is 4.79 Å². The van der Waals surface area contributed by atoms with Crippen LogP contribution in [0.1, 0.15) is 10.6 Å². The fourth-order valence-electron chi connectivity index (χ4n) is 3.16. The molecular formula is C20H20ClN3OS2. The van der Waals surface area contributed by atoms with E-state index >= 15 is 0 Å². The number of nitrogens with zero attached hydrogens (tertiary/aromatic N) is 3. The maximum Gasteiger partial charge on any atom is 0.227 e. The summed E-state index contributed by atoms with van der Waals surface area (Å²) in [6.45, 7) is 4.18. The molecule has 3 heterocycles. The van der Waals surface area contributed by atoms with Crippen LogP contribution in [0.2, 0.25) is 5.02 Å². The van der Waals surface area contributed by atoms with Gasteiger partial charge in [0, 0.05) is 36.6 Å². The number of aromatic nitrogens is 1. The lowest BCUT2D eigenvalue weighted by Gasteiger charge is -2.34. The first-order valence-electron chi connectivity index (χ1n) is 8.90. The Kier molecular flexibility index (Phi) is 5.88. The molecule has 0 N–H and O–H groups in total. The molecule has 3 aromatic rings. The highest BCUT2D eigenvalue weighted by Gasteiger charge is 2.22. The van der Waals surface area contributed by atoms with Gasteiger partial charge in [-0.05, 0) is 29.1 Å². The number of piperazine rings is 1. The third-order valence-electron chi connectivity index (χ3n) is 4.68. The predicted octanol–water partition coefficient (Wildman–Crippen LogP) is 4.41. The van der Waals surface area contributed by atoms with Crippen LogP contribution in [0.25, 0.3) is 10.6 Å². The Balaban J connectivity index is 1.27. The third-order valence-corrected chi connectivity index (χ3v) is 6.66. The molecule has 0 atom stereocenters. The summed E-state index contributed by atoms with van der Waals surface area (Å²) < 4.78 is 0. The van der Waals surface area contributed by atoms with Crippen LogP contribution in [-0.2, 0) is 17.8 Å². The Morgan fingerprint density at radius 1 is 1.07 bits per heavy atom. The highest BCUT2D eigenvalue weighted by atomic mass is 35.5. The van der Waals surface area contributed by atoms with Gasteiger partial charge in [0.05, 0.1) is 23.5 Å². The molecule has 4 nitrogen and oxygen atoms in total. The SMILES string of the molecule is O=C(Cc1ccc(Cl)cc1)N1CCN(Cc2nc(-c3cccs3)cs2)CC1. The zero-order valence-electron chi connectivity index (χ0n) is 14.8. The van der Waals surface area contributed by atoms with Gasteiger partial charge in [0.2, 0.25) is 5.91 Å². The van der Waals surface area contributed by atoms with Crippen molar-refractivity contribution in [2.24, 2.45) is 0 Å². The summed E-state index contributed by atoms with van der Waals surface area (Å²) in [5, 5.41) is 6.05. The van der Waals surface area contributed by atoms with Gasteiger partial charge in [0.1, 0.15) is 5.01 Å². The third kappa shape index (κ3) is 4.76. The van der Waals surface area contributed by atoms with Crippen LogP contribution in [0.5, 0.6) is 0 Å². The van der Waals surface area contributed by atoms with Crippen molar-refractivity contribution in [3.05, 3.63) is 62.8 Å². The molecule has 0 radical (unpaired) electrons. The standard InChI is InChI=1S/C20H20ClN3OS2/c21-16-5-3-15(4-6-16)12-20(25)24-9-7-23(8-10-24)13-19-22-17(14-27-19)18-2-1-11-26-18/h1-6,11,14H,7-10,12-13H2. The van der Waals surface area contributed by atoms with E-state index in [4.69, 9.17) is 16.6 Å². The Hall–Kier alpha value is -1.73. The summed E-state index contributed by atoms with van der Waals surface area (Å²) in [5.74, 6) is 0.186. The lowest BCUT2D eigenvalue weighted by Crippen LogP contribution is -2.48. The molecule has 7 heteroatoms. The average molecular weight is 418 g/mol. The fraction of sp³-hybridized carbons (Fsp3) is 0.300. The highest BCUT2D eigenvalue weighted by molar-refractivity contribution is 7.14. The molecule has 1 fully saturated rings. The average Bonchev–Trinajstić information content (AvgIpc) is 3.36. The molecule has 1 aliphatic rings. The second kappa shape index (κ2) is 8.52. The number of hydrogen-bond acceptors (Lipinski definition) is 5. The number of carbonyl (C=O) groups is 1. The van der Waals surface area contributed by atoms with Crippen molar-refractivity contribution in [1.29, 1.82) is 0 Å². The fourth-order valence-corrected chi connectivity index (χ4v) is 4.88. The van der Waals surface area contributed by atoms with E-state index in [0.717, 1.165) is 49.0 Å². The van der Waals surface area contributed by atoms with Crippen LogP contribution in [0.4, 0.5) is 0 Å². The summed E-state index contributed by atoms with van der Waals surface area (Å²) in [7, 11) is 0. The topological polar surface area (TPSA) is 36.4 Å². The van der Waals surface area contributed by atoms with Crippen molar-refractivity contribution < 1.29 is 4.79 Å². The zero-order chi connectivity index (χ0) is 18.6. The number of amides is 1. The minimum absolute atomic E-state index is 0.186. The number of halogens is 1. The molecule has 0 unspecified atom stereocenters. The summed E-state index contributed by atoms with van der Waals surface area (Å²) in [6.07, 6.45) is 0.438. The van der Waals surface area contributed by atoms with Crippen LogP contribution in [0.15, 0.2) is 47.2 Å². The van der Waals surface area contributed by atoms with Gasteiger partial charge >= 0.3 is 0 Å². The van der Waals surface area contributed by atoms with Gasteiger partial charge in [-0.25, -0.2) is 4.98 Å². The van der Waals surface area contributed by atoms with Crippen LogP contribution in [-0.4, -0.2) is 46.9 Å². The van der Waals surface area contributed by atoms with Gasteiger partial charge in [-0.2, -0.15) is 0 Å². The molecule has 1 amide bonds. The van der Waals surface area contributed by atoms with Crippen LogP contribution >= 0.6 is 34.3 Å². The number of hydrogen-bond donors (Lipinski definition) is 0. The second-order valence-electron chi connectivity index (χ2n) is 6.56. The molecule has 140 valence electrons. The summed E-state index contributed by atoms with van der Waals surface area (Å²) in [4.78, 5) is 22.8. The van der Waals surface area contributed by atoms with E-state index in [-0.39, 0.29) is 5.91 Å². The van der Waals surface area contributed by atoms with Gasteiger partial charge < -0.3 is 4.90 Å². The smallest absolute Gasteiger partial charge is 0.227 e. The molecule has 0 aliphatic carbocycles. The van der Waals surface area contributed by atoms with E-state index in [2.05, 4.69) is 27.8 Å². The van der Waals surface area contributed by atoms with Crippen molar-refractivity contribution in [3.63, 3.8) is 0 Å². The maximum atomic E-state index is 12.5. The van der Waals surface area contributed by atoms with Crippen LogP contribution in [0, 0.1) is 0 Å². The second-order valence-corrected chi connectivity index (χ2v) is 8.89. The molecule has 1 saturated heterocycles. The van der Waals surface area contributed by atoms with Gasteiger partial charge in [0.25, 0.3) is 0 Å². The molecule has 27 heavy (non-hydrogen) atoms. The number of rotatable bonds is 5. The van der Waals surface area contributed by atoms with E-state index in [0.29, 0.717) is 11.4 Å². The maximum absolute atomic E-state index is 12.5. The molecule has 1 aromatic carbocycles. The lowest BCUT2D eigenvalue weighted by atomic mass is 10.1. The predicted molar refractivity (Wildman–Crippen MR) is 112 cm³/mol. The van der Waals surface area contributed by atoms with E-state index in [1.807, 2.05) is 29.2 Å². The van der Waals surface area contributed by atoms with E-state index in [1.165, 1.54) is 4.88 Å². The van der Waals surface area contributed by atoms with Crippen molar-refractivity contribution in [2.75, 3.05) is 26.2 Å². The van der Waals surface area contributed by atoms with Gasteiger partial charge in [0.15, 0.2) is 0 Å². The molecule has 0 bridgehead atoms. The normalized spacial score (nSPS) is 15.2. The summed E-state index contributed by atoms with van der Waals surface area (Å²) in [5.41, 5.74) is 2.08. The first-order valence-corrected chi connectivity index (χ1v) is 11.0. The van der Waals surface area contributed by atoms with Gasteiger partial charge in [-0.15, -0.1) is 22.7 Å². The number of benzene rings is 1. The van der Waals surface area contributed by atoms with Gasteiger partial charge in [-0.3, -0.25) is 9.69 Å². The zero-order valence-corrected chi connectivity index (χ0v) is 17.2.